The molecular formula is C129H81N15S3. The van der Waals surface area contributed by atoms with Gasteiger partial charge in [0.05, 0.1) is 47.2 Å². The van der Waals surface area contributed by atoms with Crippen LogP contribution in [-0.2, 0) is 0 Å². The summed E-state index contributed by atoms with van der Waals surface area (Å²) >= 11 is 5.12. The van der Waals surface area contributed by atoms with Crippen LogP contribution in [0, 0.1) is 0 Å². The van der Waals surface area contributed by atoms with Crippen molar-refractivity contribution in [1.82, 2.24) is 74.8 Å². The summed E-state index contributed by atoms with van der Waals surface area (Å²) < 4.78 is 3.34. The Morgan fingerprint density at radius 3 is 0.687 bits per heavy atom. The first-order valence-corrected chi connectivity index (χ1v) is 50.7. The summed E-state index contributed by atoms with van der Waals surface area (Å²) in [7, 11) is 0. The first-order chi connectivity index (χ1) is 72.8. The van der Waals surface area contributed by atoms with E-state index in [1.165, 1.54) is 0 Å². The van der Waals surface area contributed by atoms with Crippen LogP contribution in [0.5, 0.6) is 0 Å². The van der Waals surface area contributed by atoms with Crippen molar-refractivity contribution in [2.45, 2.75) is 0 Å². The Labute approximate surface area is 858 Å². The molecule has 0 aliphatic heterocycles. The molecule has 0 saturated heterocycles. The highest BCUT2D eigenvalue weighted by Crippen LogP contribution is 2.48. The number of aromatic nitrogens is 15. The molecule has 18 aromatic carbocycles. The number of rotatable bonds is 18. The van der Waals surface area contributed by atoms with E-state index in [2.05, 4.69) is 249 Å². The fraction of sp³-hybridized carbons (Fsp3) is 0. The van der Waals surface area contributed by atoms with E-state index < -0.39 is 0 Å². The lowest BCUT2D eigenvalue weighted by atomic mass is 9.94. The topological polar surface area (TPSA) is 193 Å². The minimum absolute atomic E-state index is 0.617. The third-order valence-electron chi connectivity index (χ3n) is 25.8. The van der Waals surface area contributed by atoms with E-state index in [1.807, 2.05) is 243 Å². The van der Waals surface area contributed by atoms with Crippen LogP contribution in [0.3, 0.4) is 0 Å². The van der Waals surface area contributed by atoms with Gasteiger partial charge in [-0.05, 0) is 94.0 Å². The molecule has 27 aromatic rings. The molecule has 27 rings (SSSR count). The van der Waals surface area contributed by atoms with Gasteiger partial charge in [-0.1, -0.05) is 413 Å². The molecule has 0 atom stereocenters. The van der Waals surface area contributed by atoms with Gasteiger partial charge in [-0.3, -0.25) is 15.0 Å². The second-order valence-corrected chi connectivity index (χ2v) is 38.3. The van der Waals surface area contributed by atoms with Gasteiger partial charge in [0.2, 0.25) is 0 Å². The first-order valence-electron chi connectivity index (χ1n) is 48.3. The predicted octanol–water partition coefficient (Wildman–Crippen LogP) is 33.1. The Morgan fingerprint density at radius 1 is 0.122 bits per heavy atom. The number of hydrogen-bond donors (Lipinski definition) is 0. The van der Waals surface area contributed by atoms with Gasteiger partial charge in [0.1, 0.15) is 15.0 Å². The summed E-state index contributed by atoms with van der Waals surface area (Å²) in [4.78, 5) is 74.6. The SMILES string of the molecule is c1ccc(-c2nc(-c3ccccc3)nc(-c3ccc(-c4cc(-c5cccc6cccnc56)c5nc(-c6ccccc6)sc5c4)cc3)n2)cc1.c1ccc(-c2nc(-c3ccccc3)nc(-c3cccc(-c4cc(-c5cccc6cccnc56)c5nc(-c6ccccc6)sc5c4)c3)n2)cc1.c1ccc(-c2nc(-c3ccccc3)nc(-c3ccccc3-c3cc(-c4cccc5cccnc45)c4nc(-c5ccccc5)sc4c3)n2)cc1. The molecule has 0 unspecified atom stereocenters. The Morgan fingerprint density at radius 2 is 0.354 bits per heavy atom. The smallest absolute Gasteiger partial charge is 0.164 e. The number of fused-ring (bicyclic) bond motifs is 6. The lowest BCUT2D eigenvalue weighted by Gasteiger charge is -2.14. The van der Waals surface area contributed by atoms with E-state index in [1.54, 1.807) is 34.0 Å². The highest BCUT2D eigenvalue weighted by molar-refractivity contribution is 7.22. The number of pyridine rings is 3. The minimum atomic E-state index is 0.617. The number of benzene rings is 18. The monoisotopic (exact) mass is 1940 g/mol. The van der Waals surface area contributed by atoms with Crippen molar-refractivity contribution in [1.29, 1.82) is 0 Å². The van der Waals surface area contributed by atoms with E-state index in [0.29, 0.717) is 52.4 Å². The van der Waals surface area contributed by atoms with Gasteiger partial charge in [0, 0.05) is 135 Å². The molecule has 0 N–H and O–H groups in total. The zero-order chi connectivity index (χ0) is 97.7. The van der Waals surface area contributed by atoms with Crippen molar-refractivity contribution in [3.8, 4) is 201 Å². The fourth-order valence-electron chi connectivity index (χ4n) is 18.7. The van der Waals surface area contributed by atoms with Crippen molar-refractivity contribution >= 4 is 97.4 Å². The number of nitrogens with zero attached hydrogens (tertiary/aromatic N) is 15. The zero-order valence-electron chi connectivity index (χ0n) is 78.7. The Hall–Kier alpha value is -19.1. The van der Waals surface area contributed by atoms with Crippen molar-refractivity contribution in [3.05, 3.63) is 492 Å². The van der Waals surface area contributed by atoms with Gasteiger partial charge in [0.25, 0.3) is 0 Å². The highest BCUT2D eigenvalue weighted by atomic mass is 32.1. The van der Waals surface area contributed by atoms with Crippen LogP contribution >= 0.6 is 34.0 Å². The predicted molar refractivity (Wildman–Crippen MR) is 603 cm³/mol. The van der Waals surface area contributed by atoms with E-state index in [9.17, 15) is 0 Å². The second kappa shape index (κ2) is 40.1. The van der Waals surface area contributed by atoms with Crippen molar-refractivity contribution in [2.24, 2.45) is 0 Å². The molecule has 9 heterocycles. The van der Waals surface area contributed by atoms with Crippen molar-refractivity contribution in [3.63, 3.8) is 0 Å². The number of thiazole rings is 3. The molecule has 0 saturated carbocycles. The van der Waals surface area contributed by atoms with Crippen molar-refractivity contribution in [2.75, 3.05) is 0 Å². The molecule has 15 nitrogen and oxygen atoms in total. The molecule has 0 aliphatic carbocycles. The Bertz CT molecular complexity index is 9340. The van der Waals surface area contributed by atoms with Crippen molar-refractivity contribution < 1.29 is 0 Å². The molecule has 0 bridgehead atoms. The van der Waals surface area contributed by atoms with Gasteiger partial charge in [0.15, 0.2) is 52.4 Å². The first kappa shape index (κ1) is 89.3. The summed E-state index contributed by atoms with van der Waals surface area (Å²) in [5.74, 6) is 5.70. The average Bonchev–Trinajstić information content (AvgIpc) is 1.72. The molecule has 18 heteroatoms. The van der Waals surface area contributed by atoms with E-state index in [4.69, 9.17) is 74.8 Å². The van der Waals surface area contributed by atoms with Gasteiger partial charge in [-0.25, -0.2) is 59.8 Å². The van der Waals surface area contributed by atoms with E-state index >= 15 is 0 Å². The largest absolute Gasteiger partial charge is 0.256 e. The molecule has 0 fully saturated rings. The van der Waals surface area contributed by atoms with Crippen LogP contribution < -0.4 is 0 Å². The van der Waals surface area contributed by atoms with Crippen LogP contribution in [-0.4, -0.2) is 74.8 Å². The molecule has 147 heavy (non-hydrogen) atoms. The van der Waals surface area contributed by atoms with Crippen LogP contribution in [0.25, 0.3) is 264 Å². The maximum atomic E-state index is 5.23. The maximum Gasteiger partial charge on any atom is 0.164 e. The quantitative estimate of drug-likeness (QED) is 0.0787. The van der Waals surface area contributed by atoms with Gasteiger partial charge in [-0.2, -0.15) is 0 Å². The third kappa shape index (κ3) is 18.5. The standard InChI is InChI=1S/3C43H27N5S/c1-4-13-29(14-5-1)40-46-41(30-15-6-2-7-16-30)48-42(47-40)33-21-10-20-32(25-33)34-26-36(35-23-11-19-28-22-12-24-44-38(28)35)39-37(27-34)49-43(45-39)31-17-8-3-9-18-31;1-4-12-30(13-5-1)40-46-41(31-14-6-2-7-15-31)48-42(47-40)32-23-21-28(22-24-32)34-26-36(35-20-10-18-29-19-11-25-44-38(29)35)39-37(27-34)49-43(45-39)33-16-8-3-9-17-33;1-4-14-29(15-5-1)40-46-41(30-16-6-2-7-17-30)48-42(47-40)35-23-11-10-22-33(35)32-26-36(34-24-12-20-28-21-13-25-44-38(28)34)39-37(27-32)49-43(45-39)31-18-8-3-9-19-31/h3*1-27H. The third-order valence-corrected chi connectivity index (χ3v) is 29.0. The lowest BCUT2D eigenvalue weighted by molar-refractivity contribution is 1.07. The Balaban J connectivity index is 0.000000115. The van der Waals surface area contributed by atoms with Gasteiger partial charge >= 0.3 is 0 Å². The van der Waals surface area contributed by atoms with Crippen LogP contribution in [0.4, 0.5) is 0 Å². The molecular weight excluding hydrogens is 1860 g/mol. The molecule has 0 amide bonds. The molecule has 690 valence electrons. The summed E-state index contributed by atoms with van der Waals surface area (Å²) in [6, 6.07) is 162. The van der Waals surface area contributed by atoms with E-state index in [-0.39, 0.29) is 0 Å². The maximum absolute atomic E-state index is 5.23. The number of hydrogen-bond acceptors (Lipinski definition) is 18. The van der Waals surface area contributed by atoms with Gasteiger partial charge in [-0.15, -0.1) is 34.0 Å². The average molecular weight is 1940 g/mol. The molecule has 0 spiro atoms. The van der Waals surface area contributed by atoms with Crippen LogP contribution in [0.1, 0.15) is 0 Å². The molecule has 0 aliphatic rings. The van der Waals surface area contributed by atoms with E-state index in [0.717, 1.165) is 212 Å². The summed E-state index contributed by atoms with van der Waals surface area (Å²) in [5.41, 5.74) is 30.3. The summed E-state index contributed by atoms with van der Waals surface area (Å²) in [6.45, 7) is 0. The summed E-state index contributed by atoms with van der Waals surface area (Å²) in [5, 5.41) is 6.25. The lowest BCUT2D eigenvalue weighted by Crippen LogP contribution is -2.01. The summed E-state index contributed by atoms with van der Waals surface area (Å²) in [6.07, 6.45) is 5.57. The van der Waals surface area contributed by atoms with Crippen LogP contribution in [0.2, 0.25) is 0 Å². The fourth-order valence-corrected chi connectivity index (χ4v) is 21.8. The molecule has 0 radical (unpaired) electrons. The van der Waals surface area contributed by atoms with Crippen LogP contribution in [0.15, 0.2) is 492 Å². The normalized spacial score (nSPS) is 11.3. The molecule has 9 aromatic heterocycles. The number of para-hydroxylation sites is 3. The second-order valence-electron chi connectivity index (χ2n) is 35.2. The minimum Gasteiger partial charge on any atom is -0.256 e. The van der Waals surface area contributed by atoms with Gasteiger partial charge < -0.3 is 0 Å². The Kier molecular flexibility index (Phi) is 24.4. The zero-order valence-corrected chi connectivity index (χ0v) is 81.1. The highest BCUT2D eigenvalue weighted by Gasteiger charge is 2.26.